The van der Waals surface area contributed by atoms with Crippen molar-refractivity contribution < 1.29 is 4.43 Å². The molecule has 0 bridgehead atoms. The molecule has 1 aliphatic rings. The molecule has 23 heavy (non-hydrogen) atoms. The van der Waals surface area contributed by atoms with E-state index >= 15 is 0 Å². The number of nitrogens with one attached hydrogen (secondary N) is 1. The summed E-state index contributed by atoms with van der Waals surface area (Å²) in [6.45, 7) is 15.1. The highest BCUT2D eigenvalue weighted by Crippen LogP contribution is 2.42. The van der Waals surface area contributed by atoms with Crippen molar-refractivity contribution in [3.05, 3.63) is 35.9 Å². The lowest BCUT2D eigenvalue weighted by Gasteiger charge is -2.42. The van der Waals surface area contributed by atoms with E-state index < -0.39 is 8.32 Å². The van der Waals surface area contributed by atoms with Gasteiger partial charge in [-0.2, -0.15) is 0 Å². The molecule has 0 unspecified atom stereocenters. The number of hydrogen-bond donors (Lipinski definition) is 1. The third kappa shape index (κ3) is 4.07. The molecule has 2 nitrogen and oxygen atoms in total. The second-order valence-electron chi connectivity index (χ2n) is 8.03. The van der Waals surface area contributed by atoms with Crippen LogP contribution in [0, 0.1) is 0 Å². The van der Waals surface area contributed by atoms with Gasteiger partial charge in [0.05, 0.1) is 0 Å². The number of hydrogen-bond acceptors (Lipinski definition) is 2. The van der Waals surface area contributed by atoms with Gasteiger partial charge in [-0.25, -0.2) is 0 Å². The number of rotatable bonds is 7. The van der Waals surface area contributed by atoms with E-state index in [1.807, 2.05) is 0 Å². The monoisotopic (exact) mass is 333 g/mol. The van der Waals surface area contributed by atoms with Gasteiger partial charge in [-0.05, 0) is 35.0 Å². The molecular weight excluding hydrogens is 298 g/mol. The van der Waals surface area contributed by atoms with E-state index in [2.05, 4.69) is 77.2 Å². The Labute approximate surface area is 144 Å². The van der Waals surface area contributed by atoms with Crippen LogP contribution >= 0.6 is 0 Å². The molecule has 0 aromatic heterocycles. The van der Waals surface area contributed by atoms with Crippen LogP contribution in [0.4, 0.5) is 0 Å². The van der Waals surface area contributed by atoms with E-state index in [-0.39, 0.29) is 0 Å². The highest BCUT2D eigenvalue weighted by molar-refractivity contribution is 6.77. The molecule has 3 heteroatoms. The molecule has 0 radical (unpaired) electrons. The van der Waals surface area contributed by atoms with Crippen molar-refractivity contribution in [1.82, 2.24) is 5.32 Å². The third-order valence-electron chi connectivity index (χ3n) is 5.68. The van der Waals surface area contributed by atoms with E-state index in [0.29, 0.717) is 28.7 Å². The Morgan fingerprint density at radius 3 is 2.04 bits per heavy atom. The summed E-state index contributed by atoms with van der Waals surface area (Å²) in [5.41, 5.74) is 3.39. The fraction of sp³-hybridized carbons (Fsp3) is 0.700. The summed E-state index contributed by atoms with van der Waals surface area (Å²) in [5.74, 6) is 0. The highest BCUT2D eigenvalue weighted by Gasteiger charge is 2.45. The first kappa shape index (κ1) is 18.7. The molecule has 1 N–H and O–H groups in total. The maximum absolute atomic E-state index is 6.76. The largest absolute Gasteiger partial charge is 0.414 e. The fourth-order valence-corrected chi connectivity index (χ4v) is 10.1. The van der Waals surface area contributed by atoms with Gasteiger partial charge < -0.3 is 9.74 Å². The third-order valence-corrected chi connectivity index (χ3v) is 11.8. The zero-order valence-electron chi connectivity index (χ0n) is 15.8. The summed E-state index contributed by atoms with van der Waals surface area (Å²) < 4.78 is 6.76. The Bertz CT molecular complexity index is 450. The molecule has 1 saturated heterocycles. The lowest BCUT2D eigenvalue weighted by atomic mass is 10.1. The van der Waals surface area contributed by atoms with Gasteiger partial charge in [0, 0.05) is 18.7 Å². The van der Waals surface area contributed by atoms with Crippen molar-refractivity contribution in [3.8, 4) is 0 Å². The molecular formula is C20H35NOSi. The average Bonchev–Trinajstić information content (AvgIpc) is 2.96. The quantitative estimate of drug-likeness (QED) is 0.649. The summed E-state index contributed by atoms with van der Waals surface area (Å²) >= 11 is 0. The predicted octanol–water partition coefficient (Wildman–Crippen LogP) is 5.67. The molecule has 2 rings (SSSR count). The summed E-state index contributed by atoms with van der Waals surface area (Å²) in [5, 5.41) is 3.79. The molecule has 130 valence electrons. The summed E-state index contributed by atoms with van der Waals surface area (Å²) in [6, 6.07) is 11.8. The number of benzene rings is 1. The SMILES string of the molecule is CC(C)[Si](OC[C@@H]1CC[C@H](c2ccccc2)N1)(C(C)C)C(C)C. The molecule has 1 aromatic carbocycles. The van der Waals surface area contributed by atoms with Crippen molar-refractivity contribution in [2.75, 3.05) is 6.61 Å². The van der Waals surface area contributed by atoms with Crippen LogP contribution in [-0.4, -0.2) is 21.0 Å². The van der Waals surface area contributed by atoms with Crippen molar-refractivity contribution in [2.24, 2.45) is 0 Å². The van der Waals surface area contributed by atoms with Gasteiger partial charge >= 0.3 is 0 Å². The normalized spacial score (nSPS) is 22.5. The molecule has 1 aromatic rings. The standard InChI is InChI=1S/C20H35NOSi/c1-15(2)23(16(3)4,17(5)6)22-14-19-12-13-20(21-19)18-10-8-7-9-11-18/h7-11,15-17,19-21H,12-14H2,1-6H3/t19-,20+/m0/s1. The van der Waals surface area contributed by atoms with Crippen LogP contribution in [0.15, 0.2) is 30.3 Å². The maximum atomic E-state index is 6.76. The lowest BCUT2D eigenvalue weighted by molar-refractivity contribution is 0.242. The smallest absolute Gasteiger partial charge is 0.200 e. The van der Waals surface area contributed by atoms with E-state index in [1.165, 1.54) is 18.4 Å². The molecule has 1 aliphatic heterocycles. The predicted molar refractivity (Wildman–Crippen MR) is 102 cm³/mol. The zero-order chi connectivity index (χ0) is 17.0. The van der Waals surface area contributed by atoms with Gasteiger partial charge in [0.2, 0.25) is 0 Å². The second kappa shape index (κ2) is 7.95. The van der Waals surface area contributed by atoms with Crippen LogP contribution in [-0.2, 0) is 4.43 Å². The summed E-state index contributed by atoms with van der Waals surface area (Å²) in [6.07, 6.45) is 2.44. The molecule has 2 atom stereocenters. The first-order valence-corrected chi connectivity index (χ1v) is 11.5. The van der Waals surface area contributed by atoms with Crippen LogP contribution in [0.3, 0.4) is 0 Å². The van der Waals surface area contributed by atoms with Crippen LogP contribution < -0.4 is 5.32 Å². The van der Waals surface area contributed by atoms with Gasteiger partial charge in [0.25, 0.3) is 0 Å². The van der Waals surface area contributed by atoms with Gasteiger partial charge in [-0.1, -0.05) is 71.9 Å². The van der Waals surface area contributed by atoms with Crippen molar-refractivity contribution in [2.45, 2.75) is 83.1 Å². The van der Waals surface area contributed by atoms with Crippen LogP contribution in [0.2, 0.25) is 16.6 Å². The highest BCUT2D eigenvalue weighted by atomic mass is 28.4. The fourth-order valence-electron chi connectivity index (χ4n) is 4.64. The molecule has 0 spiro atoms. The van der Waals surface area contributed by atoms with E-state index in [1.54, 1.807) is 0 Å². The van der Waals surface area contributed by atoms with Crippen molar-refractivity contribution >= 4 is 8.32 Å². The van der Waals surface area contributed by atoms with Gasteiger partial charge in [0.15, 0.2) is 8.32 Å². The lowest BCUT2D eigenvalue weighted by Crippen LogP contribution is -2.49. The van der Waals surface area contributed by atoms with E-state index in [4.69, 9.17) is 4.43 Å². The minimum absolute atomic E-state index is 0.498. The Morgan fingerprint density at radius 2 is 1.52 bits per heavy atom. The minimum Gasteiger partial charge on any atom is -0.414 e. The topological polar surface area (TPSA) is 21.3 Å². The van der Waals surface area contributed by atoms with Gasteiger partial charge in [-0.3, -0.25) is 0 Å². The molecule has 0 amide bonds. The van der Waals surface area contributed by atoms with Gasteiger partial charge in [0.1, 0.15) is 0 Å². The second-order valence-corrected chi connectivity index (χ2v) is 13.5. The minimum atomic E-state index is -1.74. The molecule has 1 heterocycles. The molecule has 0 aliphatic carbocycles. The zero-order valence-corrected chi connectivity index (χ0v) is 16.8. The Kier molecular flexibility index (Phi) is 6.46. The molecule has 1 fully saturated rings. The van der Waals surface area contributed by atoms with Gasteiger partial charge in [-0.15, -0.1) is 0 Å². The molecule has 0 saturated carbocycles. The first-order valence-electron chi connectivity index (χ1n) is 9.32. The summed E-state index contributed by atoms with van der Waals surface area (Å²) in [4.78, 5) is 0. The summed E-state index contributed by atoms with van der Waals surface area (Å²) in [7, 11) is -1.74. The van der Waals surface area contributed by atoms with Crippen molar-refractivity contribution in [1.29, 1.82) is 0 Å². The van der Waals surface area contributed by atoms with Crippen LogP contribution in [0.25, 0.3) is 0 Å². The van der Waals surface area contributed by atoms with E-state index in [9.17, 15) is 0 Å². The Balaban J connectivity index is 1.97. The maximum Gasteiger partial charge on any atom is 0.200 e. The Morgan fingerprint density at radius 1 is 0.957 bits per heavy atom. The van der Waals surface area contributed by atoms with Crippen molar-refractivity contribution in [3.63, 3.8) is 0 Å². The van der Waals surface area contributed by atoms with Crippen LogP contribution in [0.1, 0.15) is 66.0 Å². The first-order chi connectivity index (χ1) is 10.9. The average molecular weight is 334 g/mol. The van der Waals surface area contributed by atoms with Crippen LogP contribution in [0.5, 0.6) is 0 Å². The van der Waals surface area contributed by atoms with E-state index in [0.717, 1.165) is 6.61 Å². The Hall–Kier alpha value is -0.643.